The lowest BCUT2D eigenvalue weighted by Crippen LogP contribution is -2.46. The third-order valence-corrected chi connectivity index (χ3v) is 9.50. The quantitative estimate of drug-likeness (QED) is 0.0284. The predicted molar refractivity (Wildman–Crippen MR) is 213 cm³/mol. The predicted octanol–water partition coefficient (Wildman–Crippen LogP) is 9.08. The van der Waals surface area contributed by atoms with Crippen molar-refractivity contribution in [1.82, 2.24) is 0 Å². The third kappa shape index (κ3) is 46.7. The lowest BCUT2D eigenvalue weighted by molar-refractivity contribution is -0.138. The number of carbonyl (C=O) groups is 2. The number of aliphatic hydroxyl groups excluding tert-OH is 6. The van der Waals surface area contributed by atoms with Gasteiger partial charge in [0.1, 0.15) is 24.4 Å². The van der Waals surface area contributed by atoms with Gasteiger partial charge in [-0.15, -0.1) is 0 Å². The van der Waals surface area contributed by atoms with Crippen LogP contribution in [0.15, 0.2) is 0 Å². The minimum absolute atomic E-state index is 0.345. The number of rotatable bonds is 37. The Morgan fingerprint density at radius 3 is 0.673 bits per heavy atom. The molecule has 10 nitrogen and oxygen atoms in total. The van der Waals surface area contributed by atoms with E-state index in [0.717, 1.165) is 25.7 Å². The van der Waals surface area contributed by atoms with E-state index in [2.05, 4.69) is 13.8 Å². The van der Waals surface area contributed by atoms with Gasteiger partial charge in [0.15, 0.2) is 0 Å². The van der Waals surface area contributed by atoms with E-state index in [1.807, 2.05) is 0 Å². The average molecular weight is 751 g/mol. The summed E-state index contributed by atoms with van der Waals surface area (Å²) in [5, 5.41) is 69.2. The lowest BCUT2D eigenvalue weighted by atomic mass is 10.0. The van der Waals surface area contributed by atoms with Gasteiger partial charge in [0.25, 0.3) is 0 Å². The summed E-state index contributed by atoms with van der Waals surface area (Å²) in [5.41, 5.74) is 0. The molecule has 10 heteroatoms. The maximum Gasteiger partial charge on any atom is 0.303 e. The first-order valence-electron chi connectivity index (χ1n) is 21.5. The number of unbranched alkanes of at least 4 members (excludes halogenated alkanes) is 28. The van der Waals surface area contributed by atoms with E-state index in [9.17, 15) is 9.59 Å². The number of hydrogen-bond donors (Lipinski definition) is 8. The summed E-state index contributed by atoms with van der Waals surface area (Å²) in [6, 6.07) is 0. The normalized spacial score (nSPS) is 13.3. The number of carboxylic acid groups (broad SMARTS) is 2. The van der Waals surface area contributed by atoms with Gasteiger partial charge in [-0.05, 0) is 12.8 Å². The molecule has 0 aromatic rings. The second kappa shape index (κ2) is 45.9. The fourth-order valence-corrected chi connectivity index (χ4v) is 5.97. The first-order chi connectivity index (χ1) is 25.1. The molecule has 0 aromatic heterocycles. The Bertz CT molecular complexity index is 650. The second-order valence-electron chi connectivity index (χ2n) is 14.7. The van der Waals surface area contributed by atoms with Crippen LogP contribution in [-0.2, 0) is 9.59 Å². The molecule has 0 radical (unpaired) electrons. The molecule has 0 aliphatic carbocycles. The minimum atomic E-state index is -1.67. The van der Waals surface area contributed by atoms with Crippen LogP contribution in [0.5, 0.6) is 0 Å². The van der Waals surface area contributed by atoms with Crippen LogP contribution in [0.1, 0.15) is 219 Å². The van der Waals surface area contributed by atoms with Crippen LogP contribution in [0.3, 0.4) is 0 Å². The molecule has 0 aliphatic heterocycles. The van der Waals surface area contributed by atoms with E-state index in [1.54, 1.807) is 0 Å². The van der Waals surface area contributed by atoms with Crippen LogP contribution < -0.4 is 0 Å². The average Bonchev–Trinajstić information content (AvgIpc) is 3.13. The smallest absolute Gasteiger partial charge is 0.303 e. The maximum atomic E-state index is 10.3. The van der Waals surface area contributed by atoms with Crippen LogP contribution in [-0.4, -0.2) is 90.4 Å². The summed E-state index contributed by atoms with van der Waals surface area (Å²) < 4.78 is 0. The molecular formula is C42H86O10. The van der Waals surface area contributed by atoms with Crippen molar-refractivity contribution in [2.45, 2.75) is 244 Å². The zero-order valence-corrected chi connectivity index (χ0v) is 33.7. The Morgan fingerprint density at radius 1 is 0.346 bits per heavy atom. The summed E-state index contributed by atoms with van der Waals surface area (Å²) >= 11 is 0. The van der Waals surface area contributed by atoms with Crippen molar-refractivity contribution in [3.8, 4) is 0 Å². The molecule has 314 valence electrons. The van der Waals surface area contributed by atoms with Gasteiger partial charge in [0.2, 0.25) is 0 Å². The van der Waals surface area contributed by atoms with Gasteiger partial charge >= 0.3 is 11.9 Å². The van der Waals surface area contributed by atoms with Crippen molar-refractivity contribution in [3.63, 3.8) is 0 Å². The van der Waals surface area contributed by atoms with Crippen molar-refractivity contribution < 1.29 is 50.4 Å². The minimum Gasteiger partial charge on any atom is -0.481 e. The highest BCUT2D eigenvalue weighted by molar-refractivity contribution is 5.66. The van der Waals surface area contributed by atoms with E-state index in [0.29, 0.717) is 12.8 Å². The SMILES string of the molecule is CCCCCCCCCCCCCCCCCC(=O)O.CCCCCCCCCCCCCCCCCC(=O)O.OC[C@@H](O)[C@@H](O)[C@H](O)[C@H](O)CO. The van der Waals surface area contributed by atoms with Crippen LogP contribution in [0, 0.1) is 0 Å². The summed E-state index contributed by atoms with van der Waals surface area (Å²) in [7, 11) is 0. The van der Waals surface area contributed by atoms with E-state index < -0.39 is 49.6 Å². The van der Waals surface area contributed by atoms with E-state index in [-0.39, 0.29) is 0 Å². The topological polar surface area (TPSA) is 196 Å². The van der Waals surface area contributed by atoms with E-state index >= 15 is 0 Å². The molecule has 0 saturated heterocycles. The molecule has 8 N–H and O–H groups in total. The third-order valence-electron chi connectivity index (χ3n) is 9.50. The summed E-state index contributed by atoms with van der Waals surface area (Å²) in [6.45, 7) is 3.09. The molecule has 0 heterocycles. The lowest BCUT2D eigenvalue weighted by Gasteiger charge is -2.24. The molecule has 0 fully saturated rings. The molecule has 0 bridgehead atoms. The Kier molecular flexibility index (Phi) is 48.5. The highest BCUT2D eigenvalue weighted by Gasteiger charge is 2.29. The number of aliphatic hydroxyl groups is 6. The van der Waals surface area contributed by atoms with E-state index in [1.165, 1.54) is 167 Å². The van der Waals surface area contributed by atoms with Gasteiger partial charge in [-0.1, -0.05) is 194 Å². The van der Waals surface area contributed by atoms with Crippen molar-refractivity contribution in [2.24, 2.45) is 0 Å². The van der Waals surface area contributed by atoms with Crippen molar-refractivity contribution in [3.05, 3.63) is 0 Å². The van der Waals surface area contributed by atoms with E-state index in [4.69, 9.17) is 40.9 Å². The molecular weight excluding hydrogens is 664 g/mol. The van der Waals surface area contributed by atoms with Crippen LogP contribution in [0.25, 0.3) is 0 Å². The molecule has 0 amide bonds. The highest BCUT2D eigenvalue weighted by atomic mass is 16.4. The Balaban J connectivity index is -0.000000717. The highest BCUT2D eigenvalue weighted by Crippen LogP contribution is 2.15. The van der Waals surface area contributed by atoms with Crippen molar-refractivity contribution in [1.29, 1.82) is 0 Å². The fourth-order valence-electron chi connectivity index (χ4n) is 5.97. The van der Waals surface area contributed by atoms with Gasteiger partial charge in [-0.3, -0.25) is 9.59 Å². The number of carboxylic acids is 2. The van der Waals surface area contributed by atoms with Crippen molar-refractivity contribution in [2.75, 3.05) is 13.2 Å². The van der Waals surface area contributed by atoms with Crippen LogP contribution in [0.2, 0.25) is 0 Å². The molecule has 4 atom stereocenters. The molecule has 0 aliphatic rings. The number of aliphatic carboxylic acids is 2. The molecule has 52 heavy (non-hydrogen) atoms. The van der Waals surface area contributed by atoms with Gasteiger partial charge < -0.3 is 40.9 Å². The zero-order chi connectivity index (χ0) is 39.5. The fraction of sp³-hybridized carbons (Fsp3) is 0.952. The standard InChI is InChI=1S/2C18H36O2.C6H14O6/c2*1-2-3-4-5-6-7-8-9-10-11-12-13-14-15-16-17-18(19)20;7-1-3(9)5(11)6(12)4(10)2-8/h2*2-17H2,1H3,(H,19,20);3-12H,1-2H2/t;;3-,4-,5-,6-/m..1/s1. The van der Waals surface area contributed by atoms with Gasteiger partial charge in [-0.2, -0.15) is 0 Å². The monoisotopic (exact) mass is 751 g/mol. The Labute approximate surface area is 318 Å². The Hall–Kier alpha value is -1.30. The molecule has 0 rings (SSSR count). The van der Waals surface area contributed by atoms with Gasteiger partial charge in [0.05, 0.1) is 13.2 Å². The molecule has 0 aromatic carbocycles. The van der Waals surface area contributed by atoms with Crippen molar-refractivity contribution >= 4 is 11.9 Å². The molecule has 0 saturated carbocycles. The maximum absolute atomic E-state index is 10.3. The molecule has 0 spiro atoms. The second-order valence-corrected chi connectivity index (χ2v) is 14.7. The summed E-state index contributed by atoms with van der Waals surface area (Å²) in [6.07, 6.45) is 34.0. The zero-order valence-electron chi connectivity index (χ0n) is 33.7. The first-order valence-corrected chi connectivity index (χ1v) is 21.5. The summed E-state index contributed by atoms with van der Waals surface area (Å²) in [4.78, 5) is 20.7. The molecule has 0 unspecified atom stereocenters. The Morgan fingerprint density at radius 2 is 0.519 bits per heavy atom. The van der Waals surface area contributed by atoms with Crippen LogP contribution >= 0.6 is 0 Å². The summed E-state index contributed by atoms with van der Waals surface area (Å²) in [5.74, 6) is -1.31. The van der Waals surface area contributed by atoms with Gasteiger partial charge in [-0.25, -0.2) is 0 Å². The number of hydrogen-bond acceptors (Lipinski definition) is 8. The largest absolute Gasteiger partial charge is 0.481 e. The first kappa shape index (κ1) is 55.0. The van der Waals surface area contributed by atoms with Gasteiger partial charge in [0, 0.05) is 12.8 Å². The van der Waals surface area contributed by atoms with Crippen LogP contribution in [0.4, 0.5) is 0 Å².